The number of nitrogens with one attached hydrogen (secondary N) is 1. The molecule has 0 spiro atoms. The van der Waals surface area contributed by atoms with Gasteiger partial charge in [-0.2, -0.15) is 13.9 Å². The maximum absolute atomic E-state index is 12.4. The van der Waals surface area contributed by atoms with Crippen LogP contribution >= 0.6 is 11.6 Å². The highest BCUT2D eigenvalue weighted by atomic mass is 35.5. The van der Waals surface area contributed by atoms with Crippen LogP contribution in [0.15, 0.2) is 30.7 Å². The average molecular weight is 269 g/mol. The molecule has 0 aromatic carbocycles. The Morgan fingerprint density at radius 1 is 1.39 bits per heavy atom. The molecule has 7 heteroatoms. The molecule has 3 aromatic heterocycles. The van der Waals surface area contributed by atoms with Crippen LogP contribution in [0.25, 0.3) is 22.3 Å². The van der Waals surface area contributed by atoms with E-state index in [-0.39, 0.29) is 0 Å². The van der Waals surface area contributed by atoms with Crippen molar-refractivity contribution in [3.05, 3.63) is 35.7 Å². The van der Waals surface area contributed by atoms with Crippen molar-refractivity contribution >= 4 is 22.6 Å². The summed E-state index contributed by atoms with van der Waals surface area (Å²) in [5.41, 5.74) is 1.82. The van der Waals surface area contributed by atoms with Gasteiger partial charge in [-0.25, -0.2) is 9.67 Å². The van der Waals surface area contributed by atoms with E-state index in [0.29, 0.717) is 26.6 Å². The largest absolute Gasteiger partial charge is 0.339 e. The topological polar surface area (TPSA) is 46.5 Å². The fourth-order valence-corrected chi connectivity index (χ4v) is 1.93. The molecule has 3 heterocycles. The number of aromatic nitrogens is 4. The van der Waals surface area contributed by atoms with Gasteiger partial charge in [-0.15, -0.1) is 0 Å². The predicted molar refractivity (Wildman–Crippen MR) is 63.6 cm³/mol. The molecular weight excluding hydrogens is 262 g/mol. The average Bonchev–Trinajstić information content (AvgIpc) is 2.95. The molecule has 0 atom stereocenters. The van der Waals surface area contributed by atoms with Gasteiger partial charge in [-0.1, -0.05) is 11.6 Å². The van der Waals surface area contributed by atoms with Crippen molar-refractivity contribution < 1.29 is 8.78 Å². The van der Waals surface area contributed by atoms with E-state index in [2.05, 4.69) is 15.1 Å². The Morgan fingerprint density at radius 2 is 2.22 bits per heavy atom. The van der Waals surface area contributed by atoms with Crippen LogP contribution in [0.5, 0.6) is 0 Å². The first kappa shape index (κ1) is 11.2. The third-order valence-electron chi connectivity index (χ3n) is 2.59. The van der Waals surface area contributed by atoms with E-state index in [0.717, 1.165) is 5.39 Å². The zero-order valence-corrected chi connectivity index (χ0v) is 9.70. The lowest BCUT2D eigenvalue weighted by Crippen LogP contribution is -1.96. The summed E-state index contributed by atoms with van der Waals surface area (Å²) >= 11 is 6.01. The molecule has 0 fully saturated rings. The first-order chi connectivity index (χ1) is 8.65. The molecule has 1 N–H and O–H groups in total. The number of rotatable bonds is 2. The lowest BCUT2D eigenvalue weighted by atomic mass is 10.2. The molecule has 3 aromatic rings. The van der Waals surface area contributed by atoms with Gasteiger partial charge in [0, 0.05) is 23.3 Å². The van der Waals surface area contributed by atoms with Gasteiger partial charge in [-0.3, -0.25) is 0 Å². The number of aromatic amines is 1. The normalized spacial score (nSPS) is 11.6. The summed E-state index contributed by atoms with van der Waals surface area (Å²) in [5, 5.41) is 4.89. The third kappa shape index (κ3) is 1.74. The van der Waals surface area contributed by atoms with Gasteiger partial charge in [0.25, 0.3) is 0 Å². The summed E-state index contributed by atoms with van der Waals surface area (Å²) in [5.74, 6) is 0. The second kappa shape index (κ2) is 4.06. The molecular formula is C11H7ClF2N4. The first-order valence-electron chi connectivity index (χ1n) is 5.11. The van der Waals surface area contributed by atoms with Crippen molar-refractivity contribution in [3.8, 4) is 11.3 Å². The maximum atomic E-state index is 12.4. The summed E-state index contributed by atoms with van der Waals surface area (Å²) < 4.78 is 25.4. The molecule has 0 aliphatic rings. The van der Waals surface area contributed by atoms with Crippen LogP contribution in [-0.4, -0.2) is 19.7 Å². The number of pyridine rings is 1. The van der Waals surface area contributed by atoms with E-state index in [1.165, 1.54) is 12.4 Å². The molecule has 18 heavy (non-hydrogen) atoms. The number of halogens is 3. The van der Waals surface area contributed by atoms with Crippen LogP contribution in [0.1, 0.15) is 6.55 Å². The molecule has 0 aliphatic carbocycles. The number of hydrogen-bond acceptors (Lipinski definition) is 2. The van der Waals surface area contributed by atoms with Gasteiger partial charge in [0.2, 0.25) is 0 Å². The van der Waals surface area contributed by atoms with Crippen molar-refractivity contribution in [1.29, 1.82) is 0 Å². The molecule has 92 valence electrons. The number of H-pyrrole nitrogens is 1. The van der Waals surface area contributed by atoms with Crippen molar-refractivity contribution in [2.45, 2.75) is 6.55 Å². The minimum Gasteiger partial charge on any atom is -0.339 e. The lowest BCUT2D eigenvalue weighted by molar-refractivity contribution is 0.0566. The monoisotopic (exact) mass is 268 g/mol. The fraction of sp³-hybridized carbons (Fsp3) is 0.0909. The zero-order valence-electron chi connectivity index (χ0n) is 8.94. The van der Waals surface area contributed by atoms with Gasteiger partial charge < -0.3 is 4.98 Å². The Morgan fingerprint density at radius 3 is 2.89 bits per heavy atom. The van der Waals surface area contributed by atoms with Crippen LogP contribution in [0, 0.1) is 0 Å². The van der Waals surface area contributed by atoms with Crippen molar-refractivity contribution in [3.63, 3.8) is 0 Å². The molecule has 0 bridgehead atoms. The summed E-state index contributed by atoms with van der Waals surface area (Å²) in [6.45, 7) is -2.65. The molecule has 0 saturated heterocycles. The Kier molecular flexibility index (Phi) is 2.52. The predicted octanol–water partition coefficient (Wildman–Crippen LogP) is 3.47. The van der Waals surface area contributed by atoms with Crippen molar-refractivity contribution in [2.24, 2.45) is 0 Å². The smallest absolute Gasteiger partial charge is 0.333 e. The number of alkyl halides is 2. The standard InChI is InChI=1S/C11H7ClF2N4/c12-8-1-2-15-10-7(8)3-9(17-10)6-4-16-18(5-6)11(13)14/h1-5,11H,(H,15,17). The summed E-state index contributed by atoms with van der Waals surface area (Å²) in [6.07, 6.45) is 4.21. The van der Waals surface area contributed by atoms with Gasteiger partial charge in [0.15, 0.2) is 0 Å². The van der Waals surface area contributed by atoms with E-state index in [1.54, 1.807) is 18.3 Å². The zero-order chi connectivity index (χ0) is 12.7. The second-order valence-corrected chi connectivity index (χ2v) is 4.13. The molecule has 4 nitrogen and oxygen atoms in total. The molecule has 3 rings (SSSR count). The molecule has 0 amide bonds. The second-order valence-electron chi connectivity index (χ2n) is 3.72. The number of hydrogen-bond donors (Lipinski definition) is 1. The highest BCUT2D eigenvalue weighted by Gasteiger charge is 2.11. The van der Waals surface area contributed by atoms with Crippen LogP contribution in [0.4, 0.5) is 8.78 Å². The summed E-state index contributed by atoms with van der Waals surface area (Å²) in [7, 11) is 0. The van der Waals surface area contributed by atoms with Gasteiger partial charge in [-0.05, 0) is 12.1 Å². The van der Waals surface area contributed by atoms with Gasteiger partial charge in [0.05, 0.1) is 16.9 Å². The van der Waals surface area contributed by atoms with E-state index in [4.69, 9.17) is 11.6 Å². The van der Waals surface area contributed by atoms with Crippen molar-refractivity contribution in [1.82, 2.24) is 19.7 Å². The van der Waals surface area contributed by atoms with Crippen LogP contribution < -0.4 is 0 Å². The maximum Gasteiger partial charge on any atom is 0.333 e. The quantitative estimate of drug-likeness (QED) is 0.773. The summed E-state index contributed by atoms with van der Waals surface area (Å²) in [6, 6.07) is 3.43. The minimum absolute atomic E-state index is 0.559. The molecule has 0 saturated carbocycles. The third-order valence-corrected chi connectivity index (χ3v) is 2.92. The highest BCUT2D eigenvalue weighted by molar-refractivity contribution is 6.35. The lowest BCUT2D eigenvalue weighted by Gasteiger charge is -1.95. The van der Waals surface area contributed by atoms with Crippen LogP contribution in [0.2, 0.25) is 5.02 Å². The number of nitrogens with zero attached hydrogens (tertiary/aromatic N) is 3. The first-order valence-corrected chi connectivity index (χ1v) is 5.49. The van der Waals surface area contributed by atoms with E-state index in [9.17, 15) is 8.78 Å². The molecule has 0 unspecified atom stereocenters. The van der Waals surface area contributed by atoms with Gasteiger partial charge in [0.1, 0.15) is 5.65 Å². The van der Waals surface area contributed by atoms with Gasteiger partial charge >= 0.3 is 6.55 Å². The summed E-state index contributed by atoms with van der Waals surface area (Å²) in [4.78, 5) is 7.13. The minimum atomic E-state index is -2.65. The number of fused-ring (bicyclic) bond motifs is 1. The Hall–Kier alpha value is -1.95. The fourth-order valence-electron chi connectivity index (χ4n) is 1.73. The Bertz CT molecular complexity index is 704. The highest BCUT2D eigenvalue weighted by Crippen LogP contribution is 2.27. The van der Waals surface area contributed by atoms with Crippen LogP contribution in [0.3, 0.4) is 0 Å². The van der Waals surface area contributed by atoms with E-state index < -0.39 is 6.55 Å². The van der Waals surface area contributed by atoms with Crippen LogP contribution in [-0.2, 0) is 0 Å². The Balaban J connectivity index is 2.10. The van der Waals surface area contributed by atoms with E-state index >= 15 is 0 Å². The Labute approximate surface area is 105 Å². The SMILES string of the molecule is FC(F)n1cc(-c2cc3c(Cl)ccnc3[nH]2)cn1. The molecule has 0 aliphatic heterocycles. The van der Waals surface area contributed by atoms with Crippen molar-refractivity contribution in [2.75, 3.05) is 0 Å². The van der Waals surface area contributed by atoms with E-state index in [1.807, 2.05) is 0 Å². The molecule has 0 radical (unpaired) electrons.